The molecule has 0 aliphatic heterocycles. The normalized spacial score (nSPS) is 14.6. The molecule has 0 spiro atoms. The maximum atomic E-state index is 9.72. The number of aliphatic hydroxyl groups excluding tert-OH is 1. The predicted molar refractivity (Wildman–Crippen MR) is 74.2 cm³/mol. The Hall–Kier alpha value is -0.820. The molecular formula is C16H26O. The van der Waals surface area contributed by atoms with Gasteiger partial charge >= 0.3 is 0 Å². The van der Waals surface area contributed by atoms with E-state index >= 15 is 0 Å². The standard InChI is InChI=1S/C16H26O/c1-4-6-11-16(5-2,13-17)12-15-9-7-14(3)8-10-15/h7-10,17H,4-6,11-13H2,1-3H3. The van der Waals surface area contributed by atoms with Crippen molar-refractivity contribution < 1.29 is 5.11 Å². The van der Waals surface area contributed by atoms with Gasteiger partial charge in [-0.1, -0.05) is 56.5 Å². The number of unbranched alkanes of at least 4 members (excludes halogenated alkanes) is 1. The average Bonchev–Trinajstić information content (AvgIpc) is 2.37. The van der Waals surface area contributed by atoms with Gasteiger partial charge in [0.05, 0.1) is 0 Å². The van der Waals surface area contributed by atoms with Crippen molar-refractivity contribution in [2.45, 2.75) is 52.9 Å². The van der Waals surface area contributed by atoms with Crippen LogP contribution in [0.3, 0.4) is 0 Å². The molecule has 0 bridgehead atoms. The van der Waals surface area contributed by atoms with Crippen LogP contribution in [0.2, 0.25) is 0 Å². The molecule has 1 atom stereocenters. The molecular weight excluding hydrogens is 208 g/mol. The molecule has 0 radical (unpaired) electrons. The van der Waals surface area contributed by atoms with E-state index in [1.807, 2.05) is 0 Å². The van der Waals surface area contributed by atoms with Gasteiger partial charge in [0.1, 0.15) is 0 Å². The van der Waals surface area contributed by atoms with Gasteiger partial charge in [0.25, 0.3) is 0 Å². The molecule has 1 aromatic carbocycles. The maximum Gasteiger partial charge on any atom is 0.0490 e. The predicted octanol–water partition coefficient (Wildman–Crippen LogP) is 4.12. The zero-order valence-electron chi connectivity index (χ0n) is 11.5. The largest absolute Gasteiger partial charge is 0.396 e. The Morgan fingerprint density at radius 2 is 1.76 bits per heavy atom. The van der Waals surface area contributed by atoms with E-state index < -0.39 is 0 Å². The lowest BCUT2D eigenvalue weighted by molar-refractivity contribution is 0.107. The summed E-state index contributed by atoms with van der Waals surface area (Å²) < 4.78 is 0. The summed E-state index contributed by atoms with van der Waals surface area (Å²) in [5, 5.41) is 9.72. The quantitative estimate of drug-likeness (QED) is 0.752. The summed E-state index contributed by atoms with van der Waals surface area (Å²) in [7, 11) is 0. The van der Waals surface area contributed by atoms with E-state index in [2.05, 4.69) is 45.0 Å². The van der Waals surface area contributed by atoms with Crippen LogP contribution in [0.4, 0.5) is 0 Å². The van der Waals surface area contributed by atoms with Crippen molar-refractivity contribution >= 4 is 0 Å². The molecule has 0 fully saturated rings. The van der Waals surface area contributed by atoms with Crippen LogP contribution in [0.5, 0.6) is 0 Å². The van der Waals surface area contributed by atoms with E-state index in [4.69, 9.17) is 0 Å². The summed E-state index contributed by atoms with van der Waals surface area (Å²) in [4.78, 5) is 0. The number of hydrogen-bond donors (Lipinski definition) is 1. The minimum atomic E-state index is 0.0886. The van der Waals surface area contributed by atoms with Crippen molar-refractivity contribution in [2.24, 2.45) is 5.41 Å². The fourth-order valence-electron chi connectivity index (χ4n) is 2.33. The van der Waals surface area contributed by atoms with Crippen molar-refractivity contribution in [1.82, 2.24) is 0 Å². The van der Waals surface area contributed by atoms with Gasteiger partial charge < -0.3 is 5.11 Å². The molecule has 1 nitrogen and oxygen atoms in total. The van der Waals surface area contributed by atoms with E-state index in [0.29, 0.717) is 6.61 Å². The third-order valence-electron chi connectivity index (χ3n) is 3.85. The van der Waals surface area contributed by atoms with Crippen LogP contribution in [0.25, 0.3) is 0 Å². The first-order valence-corrected chi connectivity index (χ1v) is 6.82. The van der Waals surface area contributed by atoms with Crippen LogP contribution in [-0.2, 0) is 6.42 Å². The Morgan fingerprint density at radius 3 is 2.24 bits per heavy atom. The third-order valence-corrected chi connectivity index (χ3v) is 3.85. The highest BCUT2D eigenvalue weighted by atomic mass is 16.3. The van der Waals surface area contributed by atoms with Crippen molar-refractivity contribution in [1.29, 1.82) is 0 Å². The fraction of sp³-hybridized carbons (Fsp3) is 0.625. The minimum Gasteiger partial charge on any atom is -0.396 e. The fourth-order valence-corrected chi connectivity index (χ4v) is 2.33. The molecule has 1 unspecified atom stereocenters. The van der Waals surface area contributed by atoms with Crippen LogP contribution in [0.15, 0.2) is 24.3 Å². The first kappa shape index (κ1) is 14.2. The molecule has 0 aromatic heterocycles. The molecule has 0 aliphatic carbocycles. The van der Waals surface area contributed by atoms with E-state index in [-0.39, 0.29) is 5.41 Å². The topological polar surface area (TPSA) is 20.2 Å². The lowest BCUT2D eigenvalue weighted by Gasteiger charge is -2.31. The molecule has 1 rings (SSSR count). The zero-order chi connectivity index (χ0) is 12.7. The maximum absolute atomic E-state index is 9.72. The van der Waals surface area contributed by atoms with Gasteiger partial charge in [-0.2, -0.15) is 0 Å². The van der Waals surface area contributed by atoms with E-state index in [1.54, 1.807) is 0 Å². The lowest BCUT2D eigenvalue weighted by atomic mass is 9.76. The van der Waals surface area contributed by atoms with Gasteiger partial charge in [0.15, 0.2) is 0 Å². The van der Waals surface area contributed by atoms with Crippen molar-refractivity contribution in [3.63, 3.8) is 0 Å². The highest BCUT2D eigenvalue weighted by Crippen LogP contribution is 2.32. The lowest BCUT2D eigenvalue weighted by Crippen LogP contribution is -2.27. The summed E-state index contributed by atoms with van der Waals surface area (Å²) in [5.74, 6) is 0. The number of benzene rings is 1. The molecule has 0 aliphatic rings. The molecule has 96 valence electrons. The van der Waals surface area contributed by atoms with Crippen molar-refractivity contribution in [3.8, 4) is 0 Å². The Balaban J connectivity index is 2.74. The summed E-state index contributed by atoms with van der Waals surface area (Å²) in [6, 6.07) is 8.71. The number of aliphatic hydroxyl groups is 1. The Kier molecular flexibility index (Phi) is 5.70. The molecule has 0 saturated carbocycles. The number of rotatable bonds is 7. The summed E-state index contributed by atoms with van der Waals surface area (Å²) >= 11 is 0. The number of hydrogen-bond acceptors (Lipinski definition) is 1. The Bertz CT molecular complexity index is 309. The molecule has 1 aromatic rings. The van der Waals surface area contributed by atoms with Gasteiger partial charge in [-0.15, -0.1) is 0 Å². The van der Waals surface area contributed by atoms with Crippen LogP contribution in [0, 0.1) is 12.3 Å². The highest BCUT2D eigenvalue weighted by Gasteiger charge is 2.26. The van der Waals surface area contributed by atoms with Crippen LogP contribution in [0.1, 0.15) is 50.7 Å². The minimum absolute atomic E-state index is 0.0886. The molecule has 0 amide bonds. The van der Waals surface area contributed by atoms with Crippen molar-refractivity contribution in [2.75, 3.05) is 6.61 Å². The summed E-state index contributed by atoms with van der Waals surface area (Å²) in [5.41, 5.74) is 2.74. The van der Waals surface area contributed by atoms with Gasteiger partial charge in [0, 0.05) is 6.61 Å². The highest BCUT2D eigenvalue weighted by molar-refractivity contribution is 5.22. The molecule has 1 heteroatoms. The summed E-state index contributed by atoms with van der Waals surface area (Å²) in [6.07, 6.45) is 5.60. The molecule has 1 N–H and O–H groups in total. The molecule has 17 heavy (non-hydrogen) atoms. The average molecular weight is 234 g/mol. The SMILES string of the molecule is CCCCC(CC)(CO)Cc1ccc(C)cc1. The van der Waals surface area contributed by atoms with Crippen LogP contribution in [-0.4, -0.2) is 11.7 Å². The first-order valence-electron chi connectivity index (χ1n) is 6.82. The van der Waals surface area contributed by atoms with Gasteiger partial charge in [-0.05, 0) is 37.2 Å². The smallest absolute Gasteiger partial charge is 0.0490 e. The van der Waals surface area contributed by atoms with Crippen LogP contribution >= 0.6 is 0 Å². The van der Waals surface area contributed by atoms with E-state index in [0.717, 1.165) is 19.3 Å². The molecule has 0 saturated heterocycles. The van der Waals surface area contributed by atoms with E-state index in [9.17, 15) is 5.11 Å². The Morgan fingerprint density at radius 1 is 1.12 bits per heavy atom. The van der Waals surface area contributed by atoms with Crippen LogP contribution < -0.4 is 0 Å². The van der Waals surface area contributed by atoms with Gasteiger partial charge in [0.2, 0.25) is 0 Å². The number of aryl methyl sites for hydroxylation is 1. The van der Waals surface area contributed by atoms with Crippen molar-refractivity contribution in [3.05, 3.63) is 35.4 Å². The van der Waals surface area contributed by atoms with Gasteiger partial charge in [-0.25, -0.2) is 0 Å². The first-order chi connectivity index (χ1) is 8.15. The van der Waals surface area contributed by atoms with Gasteiger partial charge in [-0.3, -0.25) is 0 Å². The van der Waals surface area contributed by atoms with E-state index in [1.165, 1.54) is 24.0 Å². The molecule has 0 heterocycles. The second kappa shape index (κ2) is 6.80. The second-order valence-electron chi connectivity index (χ2n) is 5.28. The third kappa shape index (κ3) is 4.16. The zero-order valence-corrected chi connectivity index (χ0v) is 11.5. The Labute approximate surface area is 106 Å². The second-order valence-corrected chi connectivity index (χ2v) is 5.28. The summed E-state index contributed by atoms with van der Waals surface area (Å²) in [6.45, 7) is 6.82. The monoisotopic (exact) mass is 234 g/mol.